The molecule has 9 aromatic heterocycles. The second-order valence-corrected chi connectivity index (χ2v) is 37.8. The molecule has 1 aliphatic carbocycles. The molecule has 1 fully saturated rings. The van der Waals surface area contributed by atoms with Crippen LogP contribution in [0.25, 0.3) is 11.1 Å². The van der Waals surface area contributed by atoms with Gasteiger partial charge in [0.25, 0.3) is 11.5 Å². The lowest BCUT2D eigenvalue weighted by Crippen LogP contribution is -2.46. The fourth-order valence-corrected chi connectivity index (χ4v) is 13.9. The summed E-state index contributed by atoms with van der Waals surface area (Å²) in [6.07, 6.45) is 31.3. The second-order valence-electron chi connectivity index (χ2n) is 36.7. The number of hydrogen-bond acceptors (Lipinski definition) is 20. The van der Waals surface area contributed by atoms with E-state index < -0.39 is 11.6 Å². The van der Waals surface area contributed by atoms with Crippen LogP contribution in [0.15, 0.2) is 181 Å². The van der Waals surface area contributed by atoms with Crippen molar-refractivity contribution in [3.63, 3.8) is 0 Å². The number of rotatable bonds is 27. The molecule has 1 saturated heterocycles. The number of halogens is 3. The molecule has 0 bridgehead atoms. The van der Waals surface area contributed by atoms with E-state index in [1.165, 1.54) is 74.8 Å². The van der Waals surface area contributed by atoms with E-state index in [1.54, 1.807) is 95.5 Å². The van der Waals surface area contributed by atoms with Gasteiger partial charge < -0.3 is 14.6 Å². The predicted octanol–water partition coefficient (Wildman–Crippen LogP) is 27.6. The molecule has 0 unspecified atom stereocenters. The number of benzene rings is 1. The lowest BCUT2D eigenvalue weighted by molar-refractivity contribution is -0.0641. The van der Waals surface area contributed by atoms with Gasteiger partial charge in [-0.05, 0) is 166 Å². The van der Waals surface area contributed by atoms with E-state index in [-0.39, 0.29) is 104 Å². The molecule has 21 nitrogen and oxygen atoms in total. The number of Topliss-reactive ketones (excluding diaryl/α,β-unsaturated/α-hetero) is 6. The number of ether oxygens (including phenoxy) is 1. The van der Waals surface area contributed by atoms with Crippen LogP contribution in [-0.2, 0) is 17.2 Å². The second kappa shape index (κ2) is 59.9. The van der Waals surface area contributed by atoms with Crippen LogP contribution in [-0.4, -0.2) is 117 Å². The monoisotopic (exact) mass is 1910 g/mol. The van der Waals surface area contributed by atoms with Gasteiger partial charge in [0.2, 0.25) is 0 Å². The average molecular weight is 1910 g/mol. The van der Waals surface area contributed by atoms with Crippen molar-refractivity contribution < 1.29 is 51.5 Å². The Morgan fingerprint density at radius 3 is 1.29 bits per heavy atom. The van der Waals surface area contributed by atoms with Gasteiger partial charge in [-0.3, -0.25) is 73.3 Å². The number of aliphatic imine (C=N–C) groups is 1. The number of nitrogens with one attached hydrogen (secondary N) is 1. The largest absolute Gasteiger partial charge is 0.379 e. The van der Waals surface area contributed by atoms with E-state index >= 15 is 0 Å². The zero-order valence-corrected chi connectivity index (χ0v) is 87.7. The molecule has 2 aliphatic heterocycles. The Hall–Kier alpha value is -12.1. The predicted molar refractivity (Wildman–Crippen MR) is 555 cm³/mol. The van der Waals surface area contributed by atoms with Gasteiger partial charge in [-0.2, -0.15) is 0 Å². The molecule has 1 amide bonds. The molecule has 3 aliphatic rings. The van der Waals surface area contributed by atoms with Crippen LogP contribution < -0.4 is 10.9 Å². The van der Waals surface area contributed by atoms with Crippen LogP contribution in [0.4, 0.5) is 13.2 Å². The first-order valence-corrected chi connectivity index (χ1v) is 49.1. The fourth-order valence-electron chi connectivity index (χ4n) is 13.1. The van der Waals surface area contributed by atoms with Crippen molar-refractivity contribution in [3.8, 4) is 0 Å². The van der Waals surface area contributed by atoms with Crippen LogP contribution in [0.1, 0.15) is 449 Å². The highest BCUT2D eigenvalue weighted by atomic mass is 32.1. The number of carbonyl (C=O) groups is 7. The van der Waals surface area contributed by atoms with Gasteiger partial charge in [0.1, 0.15) is 34.4 Å². The van der Waals surface area contributed by atoms with E-state index in [9.17, 15) is 51.5 Å². The van der Waals surface area contributed by atoms with Crippen molar-refractivity contribution in [1.82, 2.24) is 54.7 Å². The van der Waals surface area contributed by atoms with E-state index in [0.717, 1.165) is 71.3 Å². The molecule has 13 rings (SSSR count). The highest BCUT2D eigenvalue weighted by Gasteiger charge is 2.40. The first kappa shape index (κ1) is 118. The summed E-state index contributed by atoms with van der Waals surface area (Å²) in [5.74, 6) is 2.01. The van der Waals surface area contributed by atoms with E-state index in [1.807, 2.05) is 132 Å². The van der Waals surface area contributed by atoms with Gasteiger partial charge in [0.05, 0.1) is 58.7 Å². The summed E-state index contributed by atoms with van der Waals surface area (Å²) in [6.45, 7) is 55.8. The first-order valence-electron chi connectivity index (χ1n) is 48.3. The number of nitrogens with zero attached hydrogens (tertiary/aromatic N) is 11. The lowest BCUT2D eigenvalue weighted by Gasteiger charge is -2.40. The van der Waals surface area contributed by atoms with E-state index in [2.05, 4.69) is 186 Å². The molecule has 0 spiro atoms. The Morgan fingerprint density at radius 2 is 0.899 bits per heavy atom. The Balaban J connectivity index is 0.000000320. The Kier molecular flexibility index (Phi) is 51.3. The molecule has 1 N–H and O–H groups in total. The molecule has 10 aromatic rings. The third-order valence-electron chi connectivity index (χ3n) is 22.9. The quantitative estimate of drug-likeness (QED) is 0.0468. The van der Waals surface area contributed by atoms with Crippen molar-refractivity contribution >= 4 is 69.3 Å². The van der Waals surface area contributed by atoms with Gasteiger partial charge in [0, 0.05) is 149 Å². The molecular weight excluding hydrogens is 1760 g/mol. The first-order chi connectivity index (χ1) is 65.3. The summed E-state index contributed by atoms with van der Waals surface area (Å²) in [5.41, 5.74) is 16.9. The zero-order chi connectivity index (χ0) is 103. The molecule has 0 atom stereocenters. The normalized spacial score (nSPS) is 12.4. The van der Waals surface area contributed by atoms with Crippen LogP contribution in [0.2, 0.25) is 0 Å². The minimum Gasteiger partial charge on any atom is -0.379 e. The number of aromatic nitrogens is 10. The number of amides is 1. The maximum absolute atomic E-state index is 13.4. The molecule has 0 radical (unpaired) electrons. The van der Waals surface area contributed by atoms with Gasteiger partial charge in [-0.1, -0.05) is 236 Å². The molecule has 25 heteroatoms. The SMILES string of the molecule is CC(C)c1ccc(C2=CC=CC2)nc1.CC(C)c1ccc(C2=CN=CC2)nc1.CCC(=O)c1cc(F)c(C(C)C)cn1.CCC(=O)c1ccc(C(C)C)cc1F.CCC(=O)c1ccc(C(C)C)cn1.CCC(=O)c1ccc(C(C)C)n(C)c1=O.CCC(=O)c1cnc(C(C)C)cn1.CCC(=O)c1ncc(C(C)C)cc1F.CCC1(c2ccc(C(C)C)cn2)COC1.CNC(=O)c1ncc(C(C)C)s1. The van der Waals surface area contributed by atoms with Crippen molar-refractivity contribution in [2.45, 2.75) is 309 Å². The van der Waals surface area contributed by atoms with Gasteiger partial charge in [-0.25, -0.2) is 28.1 Å². The summed E-state index contributed by atoms with van der Waals surface area (Å²) < 4.78 is 47.1. The highest BCUT2D eigenvalue weighted by molar-refractivity contribution is 7.13. The summed E-state index contributed by atoms with van der Waals surface area (Å²) in [7, 11) is 3.32. The minimum absolute atomic E-state index is 0.0443. The molecule has 11 heterocycles. The molecule has 0 saturated carbocycles. The smallest absolute Gasteiger partial charge is 0.280 e. The van der Waals surface area contributed by atoms with Gasteiger partial charge in [0.15, 0.2) is 45.5 Å². The third-order valence-corrected chi connectivity index (χ3v) is 24.2. The Labute approximate surface area is 822 Å². The molecule has 1 aromatic carbocycles. The number of carbonyl (C=O) groups excluding carboxylic acids is 7. The van der Waals surface area contributed by atoms with Crippen molar-refractivity contribution in [2.75, 3.05) is 20.3 Å². The Morgan fingerprint density at radius 1 is 0.420 bits per heavy atom. The maximum atomic E-state index is 13.4. The van der Waals surface area contributed by atoms with Crippen molar-refractivity contribution in [3.05, 3.63) is 310 Å². The van der Waals surface area contributed by atoms with Crippen molar-refractivity contribution in [1.29, 1.82) is 0 Å². The standard InChI is InChI=1S/C13H19NO.C13H15N.C12H15FO.C12H14N2.C12H17NO2.2C11H14FNO.C11H15NO.C10H14N2O.C8H12N2OS/c1-4-13(8-15-9-13)12-6-5-11(7-14-12)10(2)3;1-10(2)12-7-8-13(14-9-12)11-5-3-4-6-11;1-4-12(14)10-6-5-9(8(2)3)7-11(10)13;1-9(2)10-3-4-12(14-8-10)11-5-6-13-7-11;1-5-11(14)9-6-7-10(8(2)3)13(4)12(9)15;1-4-11(14)10-5-9(12)8(6-13-10)7(2)3;1-4-10(14)11-9(12)5-8(6-13-11)7(2)3;1-4-11(13)10-6-5-9(7-12-10)8(2)3;1-4-10(13)9-6-11-8(5-12-9)7(2)3;1-5(2)6-4-10-8(12-6)7(11)9-3/h5-7,10H,4,8-9H2,1-3H3;3-5,7-10H,6H2,1-2H3;5-8H,4H2,1-3H3;3-4,6-9H,5H2,1-2H3;6-8H,5H2,1-4H3;2*5-7H,4H2,1-3H3;5-8H,4H2,1-3H3;5-7H,4H2,1-3H3;4-5H,1-3H3,(H,9,11). The van der Waals surface area contributed by atoms with Gasteiger partial charge >= 0.3 is 0 Å². The lowest BCUT2D eigenvalue weighted by atomic mass is 9.79. The average Bonchev–Trinajstić information content (AvgIpc) is 0.889. The summed E-state index contributed by atoms with van der Waals surface area (Å²) in [5, 5.41) is 3.09. The summed E-state index contributed by atoms with van der Waals surface area (Å²) >= 11 is 1.45. The van der Waals surface area contributed by atoms with E-state index in [4.69, 9.17) is 4.74 Å². The fraction of sp³-hybridized carbons (Fsp3) is 0.451. The van der Waals surface area contributed by atoms with Crippen molar-refractivity contribution in [2.24, 2.45) is 12.0 Å². The number of allylic oxidation sites excluding steroid dienone is 5. The van der Waals surface area contributed by atoms with Gasteiger partial charge in [-0.15, -0.1) is 11.3 Å². The number of thiazole rings is 1. The minimum atomic E-state index is -0.511. The zero-order valence-electron chi connectivity index (χ0n) is 86.9. The number of hydrogen-bond donors (Lipinski definition) is 1. The number of pyridine rings is 7. The molecular formula is C113H149F3N12O9S. The summed E-state index contributed by atoms with van der Waals surface area (Å²) in [6, 6.07) is 27.6. The highest BCUT2D eigenvalue weighted by Crippen LogP contribution is 2.35. The number of ketones is 6. The molecule has 742 valence electrons. The van der Waals surface area contributed by atoms with Crippen LogP contribution >= 0.6 is 11.3 Å². The van der Waals surface area contributed by atoms with Crippen LogP contribution in [0, 0.1) is 17.5 Å². The van der Waals surface area contributed by atoms with Crippen LogP contribution in [0.5, 0.6) is 0 Å². The maximum Gasteiger partial charge on any atom is 0.280 e. The summed E-state index contributed by atoms with van der Waals surface area (Å²) in [4.78, 5) is 133. The third kappa shape index (κ3) is 37.3. The topological polar surface area (TPSA) is 291 Å². The van der Waals surface area contributed by atoms with E-state index in [0.29, 0.717) is 95.1 Å². The Bertz CT molecular complexity index is 5520. The van der Waals surface area contributed by atoms with Crippen LogP contribution in [0.3, 0.4) is 0 Å². The molecule has 138 heavy (non-hydrogen) atoms.